The predicted octanol–water partition coefficient (Wildman–Crippen LogP) is 3.43. The molecule has 0 fully saturated rings. The molecule has 1 atom stereocenters. The number of ether oxygens (including phenoxy) is 1. The van der Waals surface area contributed by atoms with Crippen molar-refractivity contribution in [2.45, 2.75) is 19.9 Å². The minimum Gasteiger partial charge on any atom is -0.481 e. The smallest absolute Gasteiger partial charge is 0.213 e. The molecule has 1 unspecified atom stereocenters. The standard InChI is InChI=1S/C16H20N2O/c1-4-17-12(2)14-7-5-6-8-15(14)13-9-10-18-16(11-13)19-3/h5-12,17H,4H2,1-3H3. The molecule has 3 heteroatoms. The summed E-state index contributed by atoms with van der Waals surface area (Å²) in [6, 6.07) is 12.7. The van der Waals surface area contributed by atoms with Gasteiger partial charge in [-0.25, -0.2) is 4.98 Å². The van der Waals surface area contributed by atoms with Gasteiger partial charge in [0.25, 0.3) is 0 Å². The number of methoxy groups -OCH3 is 1. The van der Waals surface area contributed by atoms with Crippen LogP contribution in [0.1, 0.15) is 25.5 Å². The molecule has 0 saturated carbocycles. The van der Waals surface area contributed by atoms with Gasteiger partial charge in [0.1, 0.15) is 0 Å². The summed E-state index contributed by atoms with van der Waals surface area (Å²) >= 11 is 0. The van der Waals surface area contributed by atoms with Gasteiger partial charge in [-0.15, -0.1) is 0 Å². The zero-order valence-electron chi connectivity index (χ0n) is 11.7. The summed E-state index contributed by atoms with van der Waals surface area (Å²) in [4.78, 5) is 4.16. The third kappa shape index (κ3) is 3.12. The van der Waals surface area contributed by atoms with E-state index in [9.17, 15) is 0 Å². The second-order valence-corrected chi connectivity index (χ2v) is 4.45. The Hall–Kier alpha value is -1.87. The van der Waals surface area contributed by atoms with Gasteiger partial charge in [-0.2, -0.15) is 0 Å². The maximum absolute atomic E-state index is 5.20. The van der Waals surface area contributed by atoms with Crippen molar-refractivity contribution in [3.8, 4) is 17.0 Å². The Labute approximate surface area is 114 Å². The van der Waals surface area contributed by atoms with Crippen molar-refractivity contribution in [2.24, 2.45) is 0 Å². The number of benzene rings is 1. The molecule has 2 rings (SSSR count). The van der Waals surface area contributed by atoms with E-state index < -0.39 is 0 Å². The van der Waals surface area contributed by atoms with Gasteiger partial charge in [0.2, 0.25) is 5.88 Å². The topological polar surface area (TPSA) is 34.2 Å². The van der Waals surface area contributed by atoms with Crippen LogP contribution in [-0.4, -0.2) is 18.6 Å². The molecule has 1 heterocycles. The monoisotopic (exact) mass is 256 g/mol. The van der Waals surface area contributed by atoms with Gasteiger partial charge >= 0.3 is 0 Å². The summed E-state index contributed by atoms with van der Waals surface area (Å²) < 4.78 is 5.20. The fraction of sp³-hybridized carbons (Fsp3) is 0.312. The van der Waals surface area contributed by atoms with E-state index in [0.717, 1.165) is 12.1 Å². The number of pyridine rings is 1. The summed E-state index contributed by atoms with van der Waals surface area (Å²) in [5.41, 5.74) is 3.64. The Balaban J connectivity index is 2.43. The average molecular weight is 256 g/mol. The SMILES string of the molecule is CCNC(C)c1ccccc1-c1ccnc(OC)c1. The van der Waals surface area contributed by atoms with E-state index in [2.05, 4.69) is 48.4 Å². The Kier molecular flexibility index (Phi) is 4.53. The molecular weight excluding hydrogens is 236 g/mol. The van der Waals surface area contributed by atoms with Crippen molar-refractivity contribution in [3.05, 3.63) is 48.2 Å². The molecule has 3 nitrogen and oxygen atoms in total. The van der Waals surface area contributed by atoms with Crippen LogP contribution in [0.15, 0.2) is 42.6 Å². The zero-order chi connectivity index (χ0) is 13.7. The van der Waals surface area contributed by atoms with Crippen molar-refractivity contribution < 1.29 is 4.74 Å². The third-order valence-electron chi connectivity index (χ3n) is 3.19. The molecule has 1 aromatic carbocycles. The number of hydrogen-bond acceptors (Lipinski definition) is 3. The van der Waals surface area contributed by atoms with Crippen LogP contribution in [-0.2, 0) is 0 Å². The first-order chi connectivity index (χ1) is 9.26. The molecule has 0 aliphatic heterocycles. The van der Waals surface area contributed by atoms with Crippen LogP contribution >= 0.6 is 0 Å². The molecule has 0 aliphatic rings. The first-order valence-electron chi connectivity index (χ1n) is 6.59. The Morgan fingerprint density at radius 1 is 1.26 bits per heavy atom. The maximum atomic E-state index is 5.20. The predicted molar refractivity (Wildman–Crippen MR) is 78.3 cm³/mol. The van der Waals surface area contributed by atoms with E-state index in [1.54, 1.807) is 13.3 Å². The Morgan fingerprint density at radius 2 is 2.05 bits per heavy atom. The number of rotatable bonds is 5. The van der Waals surface area contributed by atoms with Crippen LogP contribution < -0.4 is 10.1 Å². The quantitative estimate of drug-likeness (QED) is 0.890. The van der Waals surface area contributed by atoms with E-state index >= 15 is 0 Å². The second-order valence-electron chi connectivity index (χ2n) is 4.45. The van der Waals surface area contributed by atoms with Crippen molar-refractivity contribution in [1.82, 2.24) is 10.3 Å². The highest BCUT2D eigenvalue weighted by Gasteiger charge is 2.11. The number of nitrogens with zero attached hydrogens (tertiary/aromatic N) is 1. The molecule has 1 aromatic heterocycles. The summed E-state index contributed by atoms with van der Waals surface area (Å²) in [6.07, 6.45) is 1.78. The third-order valence-corrected chi connectivity index (χ3v) is 3.19. The first-order valence-corrected chi connectivity index (χ1v) is 6.59. The molecule has 0 spiro atoms. The van der Waals surface area contributed by atoms with Crippen LogP contribution in [0, 0.1) is 0 Å². The largest absolute Gasteiger partial charge is 0.481 e. The molecule has 0 bridgehead atoms. The van der Waals surface area contributed by atoms with E-state index in [1.807, 2.05) is 12.1 Å². The molecule has 100 valence electrons. The van der Waals surface area contributed by atoms with Gasteiger partial charge < -0.3 is 10.1 Å². The average Bonchev–Trinajstić information content (AvgIpc) is 2.47. The van der Waals surface area contributed by atoms with Gasteiger partial charge in [0.05, 0.1) is 7.11 Å². The van der Waals surface area contributed by atoms with Gasteiger partial charge in [-0.05, 0) is 36.2 Å². The van der Waals surface area contributed by atoms with Gasteiger partial charge in [0, 0.05) is 18.3 Å². The van der Waals surface area contributed by atoms with E-state index in [1.165, 1.54) is 11.1 Å². The minimum absolute atomic E-state index is 0.320. The molecule has 2 aromatic rings. The normalized spacial score (nSPS) is 12.2. The molecule has 0 amide bonds. The molecule has 0 saturated heterocycles. The van der Waals surface area contributed by atoms with Gasteiger partial charge in [-0.3, -0.25) is 0 Å². The van der Waals surface area contributed by atoms with E-state index in [0.29, 0.717) is 11.9 Å². The van der Waals surface area contributed by atoms with Gasteiger partial charge in [-0.1, -0.05) is 31.2 Å². The molecule has 19 heavy (non-hydrogen) atoms. The molecule has 0 radical (unpaired) electrons. The number of aromatic nitrogens is 1. The highest BCUT2D eigenvalue weighted by atomic mass is 16.5. The van der Waals surface area contributed by atoms with Crippen LogP contribution in [0.25, 0.3) is 11.1 Å². The molecule has 1 N–H and O–H groups in total. The Bertz CT molecular complexity index is 540. The lowest BCUT2D eigenvalue weighted by Crippen LogP contribution is -2.18. The lowest BCUT2D eigenvalue weighted by Gasteiger charge is -2.17. The van der Waals surface area contributed by atoms with Crippen LogP contribution in [0.3, 0.4) is 0 Å². The zero-order valence-corrected chi connectivity index (χ0v) is 11.7. The fourth-order valence-electron chi connectivity index (χ4n) is 2.24. The van der Waals surface area contributed by atoms with E-state index in [4.69, 9.17) is 4.74 Å². The molecular formula is C16H20N2O. The first kappa shape index (κ1) is 13.6. The fourth-order valence-corrected chi connectivity index (χ4v) is 2.24. The van der Waals surface area contributed by atoms with Gasteiger partial charge in [0.15, 0.2) is 0 Å². The summed E-state index contributed by atoms with van der Waals surface area (Å²) in [6.45, 7) is 5.25. The van der Waals surface area contributed by atoms with Crippen LogP contribution in [0.2, 0.25) is 0 Å². The summed E-state index contributed by atoms with van der Waals surface area (Å²) in [5, 5.41) is 3.45. The maximum Gasteiger partial charge on any atom is 0.213 e. The highest BCUT2D eigenvalue weighted by molar-refractivity contribution is 5.68. The van der Waals surface area contributed by atoms with Crippen molar-refractivity contribution in [1.29, 1.82) is 0 Å². The highest BCUT2D eigenvalue weighted by Crippen LogP contribution is 2.29. The van der Waals surface area contributed by atoms with Crippen LogP contribution in [0.4, 0.5) is 0 Å². The number of nitrogens with one attached hydrogen (secondary N) is 1. The van der Waals surface area contributed by atoms with Crippen molar-refractivity contribution >= 4 is 0 Å². The van der Waals surface area contributed by atoms with E-state index in [-0.39, 0.29) is 0 Å². The van der Waals surface area contributed by atoms with Crippen molar-refractivity contribution in [3.63, 3.8) is 0 Å². The molecule has 0 aliphatic carbocycles. The lowest BCUT2D eigenvalue weighted by molar-refractivity contribution is 0.398. The number of hydrogen-bond donors (Lipinski definition) is 1. The summed E-state index contributed by atoms with van der Waals surface area (Å²) in [5.74, 6) is 0.642. The minimum atomic E-state index is 0.320. The second kappa shape index (κ2) is 6.34. The lowest BCUT2D eigenvalue weighted by atomic mass is 9.96. The Morgan fingerprint density at radius 3 is 2.79 bits per heavy atom. The van der Waals surface area contributed by atoms with Crippen molar-refractivity contribution in [2.75, 3.05) is 13.7 Å². The summed E-state index contributed by atoms with van der Waals surface area (Å²) in [7, 11) is 1.64. The van der Waals surface area contributed by atoms with Crippen LogP contribution in [0.5, 0.6) is 5.88 Å².